The van der Waals surface area contributed by atoms with Gasteiger partial charge in [-0.25, -0.2) is 16.8 Å². The Morgan fingerprint density at radius 3 is 2.00 bits per heavy atom. The fourth-order valence-corrected chi connectivity index (χ4v) is 6.11. The van der Waals surface area contributed by atoms with Crippen molar-refractivity contribution in [2.45, 2.75) is 25.7 Å². The molecule has 1 aliphatic heterocycles. The first-order chi connectivity index (χ1) is 17.0. The minimum absolute atomic E-state index is 0. The molecule has 1 atom stereocenters. The van der Waals surface area contributed by atoms with E-state index in [0.717, 1.165) is 76.1 Å². The van der Waals surface area contributed by atoms with Crippen LogP contribution in [0.4, 0.5) is 11.4 Å². The fourth-order valence-electron chi connectivity index (χ4n) is 4.99. The van der Waals surface area contributed by atoms with Crippen molar-refractivity contribution in [1.82, 2.24) is 4.90 Å². The molecule has 206 valence electrons. The van der Waals surface area contributed by atoms with Gasteiger partial charge in [-0.15, -0.1) is 12.4 Å². The monoisotopic (exact) mass is 573 g/mol. The number of rotatable bonds is 8. The first-order valence-corrected chi connectivity index (χ1v) is 15.6. The highest BCUT2D eigenvalue weighted by molar-refractivity contribution is 7.92. The van der Waals surface area contributed by atoms with Crippen molar-refractivity contribution >= 4 is 49.6 Å². The van der Waals surface area contributed by atoms with Gasteiger partial charge in [0, 0.05) is 36.5 Å². The minimum atomic E-state index is -3.38. The van der Waals surface area contributed by atoms with Crippen molar-refractivity contribution in [3.8, 4) is 0 Å². The number of ketones is 1. The highest BCUT2D eigenvalue weighted by Crippen LogP contribution is 2.37. The molecule has 0 amide bonds. The van der Waals surface area contributed by atoms with E-state index in [1.807, 2.05) is 18.2 Å². The Morgan fingerprint density at radius 2 is 1.43 bits per heavy atom. The second-order valence-electron chi connectivity index (χ2n) is 9.42. The number of benzene rings is 2. The molecule has 37 heavy (non-hydrogen) atoms. The molecule has 2 aliphatic rings. The second-order valence-corrected chi connectivity index (χ2v) is 12.9. The number of hydrogen-bond donors (Lipinski definition) is 3. The van der Waals surface area contributed by atoms with Crippen molar-refractivity contribution in [1.29, 1.82) is 0 Å². The number of hydrogen-bond acceptors (Lipinski definition) is 7. The van der Waals surface area contributed by atoms with Crippen LogP contribution >= 0.6 is 12.4 Å². The molecular formula is C25H36ClN3O6S2. The van der Waals surface area contributed by atoms with E-state index < -0.39 is 20.0 Å². The van der Waals surface area contributed by atoms with Crippen LogP contribution in [0.1, 0.15) is 34.3 Å². The third-order valence-corrected chi connectivity index (χ3v) is 7.84. The quantitative estimate of drug-likeness (QED) is 0.442. The first-order valence-electron chi connectivity index (χ1n) is 11.9. The summed E-state index contributed by atoms with van der Waals surface area (Å²) in [6.45, 7) is 2.81. The highest BCUT2D eigenvalue weighted by Gasteiger charge is 2.37. The average Bonchev–Trinajstić information content (AvgIpc) is 3.14. The van der Waals surface area contributed by atoms with Gasteiger partial charge in [0.05, 0.1) is 12.5 Å². The van der Waals surface area contributed by atoms with E-state index in [-0.39, 0.29) is 24.1 Å². The number of carbonyl (C=O) groups is 1. The van der Waals surface area contributed by atoms with Gasteiger partial charge in [-0.2, -0.15) is 0 Å². The van der Waals surface area contributed by atoms with E-state index in [1.165, 1.54) is 0 Å². The van der Waals surface area contributed by atoms with Crippen LogP contribution in [0.2, 0.25) is 0 Å². The lowest BCUT2D eigenvalue weighted by molar-refractivity contribution is 0.0824. The number of piperidine rings is 1. The SMILES string of the molecule is CO.CS(=O)(=O)Nc1ccc(CCN2CCC(C3Cc4ccc(NS(C)(=O)=O)cc4C3=O)CC2)cc1.Cl. The number of aliphatic hydroxyl groups excluding tert-OH is 1. The van der Waals surface area contributed by atoms with Crippen molar-refractivity contribution in [2.75, 3.05) is 48.7 Å². The summed E-state index contributed by atoms with van der Waals surface area (Å²) in [6, 6.07) is 12.7. The molecule has 2 aromatic rings. The zero-order valence-corrected chi connectivity index (χ0v) is 23.8. The maximum absolute atomic E-state index is 13.1. The molecular weight excluding hydrogens is 538 g/mol. The van der Waals surface area contributed by atoms with Gasteiger partial charge in [0.15, 0.2) is 5.78 Å². The van der Waals surface area contributed by atoms with Crippen LogP contribution in [0.5, 0.6) is 0 Å². The zero-order chi connectivity index (χ0) is 26.5. The Hall–Kier alpha value is -2.18. The second kappa shape index (κ2) is 13.1. The maximum Gasteiger partial charge on any atom is 0.229 e. The Balaban J connectivity index is 0.00000157. The molecule has 1 aliphatic carbocycles. The van der Waals surface area contributed by atoms with Crippen molar-refractivity contribution in [3.05, 3.63) is 59.2 Å². The molecule has 4 rings (SSSR count). The smallest absolute Gasteiger partial charge is 0.229 e. The zero-order valence-electron chi connectivity index (χ0n) is 21.3. The molecule has 1 fully saturated rings. The van der Waals surface area contributed by atoms with Crippen molar-refractivity contribution < 1.29 is 26.7 Å². The molecule has 9 nitrogen and oxygen atoms in total. The number of sulfonamides is 2. The predicted octanol–water partition coefficient (Wildman–Crippen LogP) is 2.77. The number of aliphatic hydroxyl groups is 1. The van der Waals surface area contributed by atoms with Crippen LogP contribution in [0, 0.1) is 11.8 Å². The molecule has 0 radical (unpaired) electrons. The molecule has 1 unspecified atom stereocenters. The third kappa shape index (κ3) is 8.96. The van der Waals surface area contributed by atoms with Crippen LogP contribution < -0.4 is 9.44 Å². The predicted molar refractivity (Wildman–Crippen MR) is 150 cm³/mol. The number of nitrogens with zero attached hydrogens (tertiary/aromatic N) is 1. The summed E-state index contributed by atoms with van der Waals surface area (Å²) in [5.74, 6) is 0.442. The van der Waals surface area contributed by atoms with Gasteiger partial charge in [-0.1, -0.05) is 18.2 Å². The van der Waals surface area contributed by atoms with Gasteiger partial charge in [0.25, 0.3) is 0 Å². The molecule has 12 heteroatoms. The topological polar surface area (TPSA) is 133 Å². The largest absolute Gasteiger partial charge is 0.400 e. The summed E-state index contributed by atoms with van der Waals surface area (Å²) in [7, 11) is -5.65. The number of Topliss-reactive ketones (excluding diaryl/α,β-unsaturated/α-hetero) is 1. The molecule has 1 heterocycles. The Morgan fingerprint density at radius 1 is 0.892 bits per heavy atom. The van der Waals surface area contributed by atoms with E-state index in [4.69, 9.17) is 5.11 Å². The number of carbonyl (C=O) groups excluding carboxylic acids is 1. The van der Waals surface area contributed by atoms with E-state index in [1.54, 1.807) is 24.3 Å². The third-order valence-electron chi connectivity index (χ3n) is 6.63. The summed E-state index contributed by atoms with van der Waals surface area (Å²) in [5, 5.41) is 7.00. The van der Waals surface area contributed by atoms with Crippen LogP contribution in [0.25, 0.3) is 0 Å². The normalized spacial score (nSPS) is 18.3. The number of nitrogens with one attached hydrogen (secondary N) is 2. The summed E-state index contributed by atoms with van der Waals surface area (Å²) < 4.78 is 50.6. The fraction of sp³-hybridized carbons (Fsp3) is 0.480. The first kappa shape index (κ1) is 31.0. The summed E-state index contributed by atoms with van der Waals surface area (Å²) >= 11 is 0. The van der Waals surface area contributed by atoms with Gasteiger partial charge in [-0.3, -0.25) is 14.2 Å². The number of halogens is 1. The Labute approximate surface area is 226 Å². The maximum atomic E-state index is 13.1. The van der Waals surface area contributed by atoms with Crippen LogP contribution in [-0.2, 0) is 32.9 Å². The van der Waals surface area contributed by atoms with Gasteiger partial charge in [-0.05, 0) is 80.1 Å². The molecule has 0 bridgehead atoms. The lowest BCUT2D eigenvalue weighted by Gasteiger charge is -2.34. The number of anilines is 2. The minimum Gasteiger partial charge on any atom is -0.400 e. The molecule has 3 N–H and O–H groups in total. The van der Waals surface area contributed by atoms with Crippen LogP contribution in [-0.4, -0.2) is 71.9 Å². The van der Waals surface area contributed by atoms with Crippen molar-refractivity contribution in [2.24, 2.45) is 11.8 Å². The summed E-state index contributed by atoms with van der Waals surface area (Å²) in [6.07, 6.45) is 5.78. The standard InChI is InChI=1S/C24H31N3O5S2.CH4O.ClH/c1-33(29,30)25-20-6-3-17(4-7-20)9-12-27-13-10-18(11-14-27)22-15-19-5-8-21(26-34(2,31)32)16-23(19)24(22)28;1-2;/h3-8,16,18,22,25-26H,9-15H2,1-2H3;2H,1H3;1H. The van der Waals surface area contributed by atoms with Gasteiger partial charge in [0.1, 0.15) is 0 Å². The number of likely N-dealkylation sites (tertiary alicyclic amines) is 1. The summed E-state index contributed by atoms with van der Waals surface area (Å²) in [4.78, 5) is 15.5. The van der Waals surface area contributed by atoms with Gasteiger partial charge in [0.2, 0.25) is 20.0 Å². The van der Waals surface area contributed by atoms with Gasteiger partial charge < -0.3 is 10.0 Å². The van der Waals surface area contributed by atoms with Crippen molar-refractivity contribution in [3.63, 3.8) is 0 Å². The van der Waals surface area contributed by atoms with E-state index in [0.29, 0.717) is 22.9 Å². The number of fused-ring (bicyclic) bond motifs is 1. The van der Waals surface area contributed by atoms with Crippen LogP contribution in [0.3, 0.4) is 0 Å². The molecule has 0 aromatic heterocycles. The molecule has 0 saturated carbocycles. The molecule has 1 saturated heterocycles. The summed E-state index contributed by atoms with van der Waals surface area (Å²) in [5.41, 5.74) is 3.81. The van der Waals surface area contributed by atoms with E-state index in [9.17, 15) is 21.6 Å². The Bertz CT molecular complexity index is 1280. The lowest BCUT2D eigenvalue weighted by Crippen LogP contribution is -2.38. The van der Waals surface area contributed by atoms with Gasteiger partial charge >= 0.3 is 0 Å². The van der Waals surface area contributed by atoms with E-state index in [2.05, 4.69) is 14.3 Å². The Kier molecular flexibility index (Phi) is 11.0. The van der Waals surface area contributed by atoms with E-state index >= 15 is 0 Å². The highest BCUT2D eigenvalue weighted by atomic mass is 35.5. The average molecular weight is 574 g/mol. The molecule has 0 spiro atoms. The molecule has 2 aromatic carbocycles. The van der Waals surface area contributed by atoms with Crippen LogP contribution in [0.15, 0.2) is 42.5 Å². The lowest BCUT2D eigenvalue weighted by atomic mass is 9.82.